The largest absolute Gasteiger partial charge is 0.378 e. The Labute approximate surface area is 200 Å². The highest BCUT2D eigenvalue weighted by molar-refractivity contribution is 7.90. The van der Waals surface area contributed by atoms with Gasteiger partial charge in [-0.1, -0.05) is 30.3 Å². The van der Waals surface area contributed by atoms with Crippen LogP contribution in [-0.2, 0) is 39.5 Å². The van der Waals surface area contributed by atoms with Crippen molar-refractivity contribution in [2.45, 2.75) is 26.0 Å². The first kappa shape index (κ1) is 27.5. The van der Waals surface area contributed by atoms with E-state index >= 15 is 0 Å². The van der Waals surface area contributed by atoms with E-state index in [0.717, 1.165) is 0 Å². The number of ether oxygens (including phenoxy) is 1. The zero-order chi connectivity index (χ0) is 25.1. The SMILES string of the molecule is CCN(CC)C(=O)C(=O)CNC(=O)C(CC(=O)N1CCOCC1)CS(=O)(=O)Cc1ccccc1. The Morgan fingerprint density at radius 1 is 1.06 bits per heavy atom. The summed E-state index contributed by atoms with van der Waals surface area (Å²) in [6.45, 7) is 5.08. The molecule has 0 aliphatic carbocycles. The fourth-order valence-corrected chi connectivity index (χ4v) is 5.35. The summed E-state index contributed by atoms with van der Waals surface area (Å²) in [5.74, 6) is -4.65. The second kappa shape index (κ2) is 13.2. The smallest absolute Gasteiger partial charge is 0.291 e. The van der Waals surface area contributed by atoms with E-state index in [1.807, 2.05) is 0 Å². The molecule has 10 nitrogen and oxygen atoms in total. The fourth-order valence-electron chi connectivity index (χ4n) is 3.65. The fraction of sp³-hybridized carbons (Fsp3) is 0.565. The quantitative estimate of drug-likeness (QED) is 0.405. The molecule has 1 saturated heterocycles. The third-order valence-electron chi connectivity index (χ3n) is 5.55. The first-order chi connectivity index (χ1) is 16.2. The van der Waals surface area contributed by atoms with E-state index in [4.69, 9.17) is 4.74 Å². The monoisotopic (exact) mass is 495 g/mol. The number of likely N-dealkylation sites (N-methyl/N-ethyl adjacent to an activating group) is 1. The maximum Gasteiger partial charge on any atom is 0.291 e. The molecule has 1 aromatic carbocycles. The van der Waals surface area contributed by atoms with E-state index in [-0.39, 0.29) is 18.1 Å². The molecule has 2 rings (SSSR count). The molecule has 1 aliphatic rings. The molecule has 1 N–H and O–H groups in total. The van der Waals surface area contributed by atoms with Crippen molar-refractivity contribution < 1.29 is 32.3 Å². The van der Waals surface area contributed by atoms with Gasteiger partial charge in [-0.25, -0.2) is 8.42 Å². The zero-order valence-electron chi connectivity index (χ0n) is 19.7. The lowest BCUT2D eigenvalue weighted by Gasteiger charge is -2.28. The van der Waals surface area contributed by atoms with Gasteiger partial charge < -0.3 is 19.9 Å². The molecule has 34 heavy (non-hydrogen) atoms. The number of Topliss-reactive ketones (excluding diaryl/α,β-unsaturated/α-hetero) is 1. The van der Waals surface area contributed by atoms with Crippen LogP contribution in [0.3, 0.4) is 0 Å². The number of hydrogen-bond acceptors (Lipinski definition) is 7. The lowest BCUT2D eigenvalue weighted by Crippen LogP contribution is -2.46. The van der Waals surface area contributed by atoms with Gasteiger partial charge in [0.15, 0.2) is 9.84 Å². The number of nitrogens with one attached hydrogen (secondary N) is 1. The van der Waals surface area contributed by atoms with Crippen LogP contribution in [0, 0.1) is 5.92 Å². The molecular weight excluding hydrogens is 462 g/mol. The molecule has 188 valence electrons. The zero-order valence-corrected chi connectivity index (χ0v) is 20.5. The van der Waals surface area contributed by atoms with E-state index in [1.54, 1.807) is 44.2 Å². The molecule has 11 heteroatoms. The molecule has 0 saturated carbocycles. The van der Waals surface area contributed by atoms with Gasteiger partial charge in [0.2, 0.25) is 17.6 Å². The van der Waals surface area contributed by atoms with Crippen LogP contribution in [0.5, 0.6) is 0 Å². The molecule has 0 spiro atoms. The van der Waals surface area contributed by atoms with Crippen LogP contribution in [0.25, 0.3) is 0 Å². The van der Waals surface area contributed by atoms with Gasteiger partial charge in [0.05, 0.1) is 37.2 Å². The van der Waals surface area contributed by atoms with Gasteiger partial charge in [0.25, 0.3) is 5.91 Å². The minimum atomic E-state index is -3.75. The number of carbonyl (C=O) groups is 4. The normalized spacial score (nSPS) is 14.8. The Bertz CT molecular complexity index is 956. The Morgan fingerprint density at radius 2 is 1.68 bits per heavy atom. The average molecular weight is 496 g/mol. The number of rotatable bonds is 12. The summed E-state index contributed by atoms with van der Waals surface area (Å²) in [7, 11) is -3.75. The highest BCUT2D eigenvalue weighted by Crippen LogP contribution is 2.15. The Hall–Kier alpha value is -2.79. The van der Waals surface area contributed by atoms with E-state index in [9.17, 15) is 27.6 Å². The van der Waals surface area contributed by atoms with Crippen LogP contribution in [0.4, 0.5) is 0 Å². The maximum atomic E-state index is 12.9. The van der Waals surface area contributed by atoms with Crippen molar-refractivity contribution >= 4 is 33.3 Å². The predicted octanol–water partition coefficient (Wildman–Crippen LogP) is 0.0202. The molecule has 1 unspecified atom stereocenters. The molecule has 1 aliphatic heterocycles. The Kier molecular flexibility index (Phi) is 10.6. The summed E-state index contributed by atoms with van der Waals surface area (Å²) in [4.78, 5) is 52.9. The molecule has 1 fully saturated rings. The summed E-state index contributed by atoms with van der Waals surface area (Å²) in [6, 6.07) is 8.54. The van der Waals surface area contributed by atoms with Gasteiger partial charge in [-0.2, -0.15) is 0 Å². The van der Waals surface area contributed by atoms with Crippen molar-refractivity contribution in [3.8, 4) is 0 Å². The number of morpholine rings is 1. The van der Waals surface area contributed by atoms with Crippen LogP contribution in [-0.4, -0.2) is 93.4 Å². The number of benzene rings is 1. The van der Waals surface area contributed by atoms with Crippen LogP contribution in [0.1, 0.15) is 25.8 Å². The number of hydrogen-bond donors (Lipinski definition) is 1. The molecule has 0 radical (unpaired) electrons. The molecule has 1 atom stereocenters. The predicted molar refractivity (Wildman–Crippen MR) is 125 cm³/mol. The average Bonchev–Trinajstić information content (AvgIpc) is 2.83. The van der Waals surface area contributed by atoms with Crippen molar-refractivity contribution in [1.29, 1.82) is 0 Å². The maximum absolute atomic E-state index is 12.9. The van der Waals surface area contributed by atoms with Crippen LogP contribution in [0.15, 0.2) is 30.3 Å². The highest BCUT2D eigenvalue weighted by atomic mass is 32.2. The molecule has 1 heterocycles. The Morgan fingerprint density at radius 3 is 2.26 bits per heavy atom. The van der Waals surface area contributed by atoms with Gasteiger partial charge in [-0.3, -0.25) is 19.2 Å². The first-order valence-corrected chi connectivity index (χ1v) is 13.2. The van der Waals surface area contributed by atoms with Gasteiger partial charge in [-0.15, -0.1) is 0 Å². The molecular formula is C23H33N3O7S. The molecule has 3 amide bonds. The van der Waals surface area contributed by atoms with Gasteiger partial charge >= 0.3 is 0 Å². The van der Waals surface area contributed by atoms with Crippen molar-refractivity contribution in [3.63, 3.8) is 0 Å². The van der Waals surface area contributed by atoms with E-state index in [1.165, 1.54) is 9.80 Å². The van der Waals surface area contributed by atoms with Crippen molar-refractivity contribution in [1.82, 2.24) is 15.1 Å². The number of amides is 3. The van der Waals surface area contributed by atoms with Crippen molar-refractivity contribution in [2.75, 3.05) is 51.7 Å². The van der Waals surface area contributed by atoms with E-state index in [2.05, 4.69) is 5.32 Å². The number of ketones is 1. The second-order valence-electron chi connectivity index (χ2n) is 8.05. The topological polar surface area (TPSA) is 130 Å². The Balaban J connectivity index is 2.10. The van der Waals surface area contributed by atoms with Gasteiger partial charge in [-0.05, 0) is 19.4 Å². The van der Waals surface area contributed by atoms with Crippen LogP contribution in [0.2, 0.25) is 0 Å². The minimum Gasteiger partial charge on any atom is -0.378 e. The lowest BCUT2D eigenvalue weighted by atomic mass is 10.1. The van der Waals surface area contributed by atoms with Crippen molar-refractivity contribution in [2.24, 2.45) is 5.92 Å². The third kappa shape index (κ3) is 8.53. The van der Waals surface area contributed by atoms with E-state index < -0.39 is 45.7 Å². The number of sulfone groups is 1. The molecule has 0 bridgehead atoms. The summed E-state index contributed by atoms with van der Waals surface area (Å²) in [6.07, 6.45) is -0.321. The first-order valence-electron chi connectivity index (χ1n) is 11.4. The van der Waals surface area contributed by atoms with Crippen LogP contribution < -0.4 is 5.32 Å². The summed E-state index contributed by atoms with van der Waals surface area (Å²) in [5.41, 5.74) is 0.571. The summed E-state index contributed by atoms with van der Waals surface area (Å²) < 4.78 is 30.9. The summed E-state index contributed by atoms with van der Waals surface area (Å²) in [5, 5.41) is 2.37. The number of nitrogens with zero attached hydrogens (tertiary/aromatic N) is 2. The van der Waals surface area contributed by atoms with Crippen LogP contribution >= 0.6 is 0 Å². The lowest BCUT2D eigenvalue weighted by molar-refractivity contribution is -0.144. The second-order valence-corrected chi connectivity index (χ2v) is 10.2. The van der Waals surface area contributed by atoms with E-state index in [0.29, 0.717) is 45.0 Å². The minimum absolute atomic E-state index is 0.275. The number of carbonyl (C=O) groups excluding carboxylic acids is 4. The molecule has 0 aromatic heterocycles. The third-order valence-corrected chi connectivity index (χ3v) is 7.24. The summed E-state index contributed by atoms with van der Waals surface area (Å²) >= 11 is 0. The molecule has 1 aromatic rings. The van der Waals surface area contributed by atoms with Crippen molar-refractivity contribution in [3.05, 3.63) is 35.9 Å². The standard InChI is InChI=1S/C23H33N3O7S/c1-3-25(4-2)23(30)20(27)15-24-22(29)19(14-21(28)26-10-12-33-13-11-26)17-34(31,32)16-18-8-6-5-7-9-18/h5-9,19H,3-4,10-17H2,1-2H3,(H,24,29). The highest BCUT2D eigenvalue weighted by Gasteiger charge is 2.31. The van der Waals surface area contributed by atoms with Gasteiger partial charge in [0.1, 0.15) is 0 Å². The van der Waals surface area contributed by atoms with Gasteiger partial charge in [0, 0.05) is 32.6 Å².